The molecule has 5 heteroatoms. The molecule has 0 amide bonds. The summed E-state index contributed by atoms with van der Waals surface area (Å²) in [7, 11) is 11.6. The van der Waals surface area contributed by atoms with Gasteiger partial charge >= 0.3 is 97.8 Å². The molecular formula is C33H44Cl2NORu-. The first kappa shape index (κ1) is 31.1. The van der Waals surface area contributed by atoms with E-state index in [0.717, 1.165) is 43.6 Å². The molecule has 0 saturated carbocycles. The van der Waals surface area contributed by atoms with E-state index in [1.54, 1.807) is 11.1 Å². The summed E-state index contributed by atoms with van der Waals surface area (Å²) in [5, 5.41) is 0. The monoisotopic (exact) mass is 642 g/mol. The van der Waals surface area contributed by atoms with E-state index in [-0.39, 0.29) is 11.0 Å². The molecule has 210 valence electrons. The van der Waals surface area contributed by atoms with Gasteiger partial charge in [0.15, 0.2) is 0 Å². The number of hydrogen-bond acceptors (Lipinski definition) is 2. The fraction of sp³-hybridized carbons (Fsp3) is 0.455. The van der Waals surface area contributed by atoms with Gasteiger partial charge in [0.25, 0.3) is 0 Å². The molecule has 4 rings (SSSR count). The van der Waals surface area contributed by atoms with Crippen LogP contribution in [-0.4, -0.2) is 21.7 Å². The van der Waals surface area contributed by atoms with Gasteiger partial charge in [0.05, 0.1) is 0 Å². The summed E-state index contributed by atoms with van der Waals surface area (Å²) in [6.07, 6.45) is 9.34. The third-order valence-electron chi connectivity index (χ3n) is 7.39. The van der Waals surface area contributed by atoms with Crippen molar-refractivity contribution in [2.24, 2.45) is 0 Å². The second kappa shape index (κ2) is 14.3. The van der Waals surface area contributed by atoms with E-state index in [4.69, 9.17) is 24.1 Å². The predicted molar refractivity (Wildman–Crippen MR) is 163 cm³/mol. The van der Waals surface area contributed by atoms with Crippen LogP contribution >= 0.6 is 19.4 Å². The third-order valence-corrected chi connectivity index (χ3v) is 9.22. The van der Waals surface area contributed by atoms with E-state index < -0.39 is 13.5 Å². The van der Waals surface area contributed by atoms with Crippen LogP contribution in [0.1, 0.15) is 91.2 Å². The van der Waals surface area contributed by atoms with Gasteiger partial charge in [-0.15, -0.1) is 5.41 Å². The van der Waals surface area contributed by atoms with Crippen LogP contribution in [0.4, 0.5) is 0 Å². The molecule has 2 aromatic carbocycles. The molecule has 0 N–H and O–H groups in total. The topological polar surface area (TPSA) is 12.5 Å². The van der Waals surface area contributed by atoms with Gasteiger partial charge in [-0.25, -0.2) is 6.54 Å². The minimum absolute atomic E-state index is 0.104. The Bertz CT molecular complexity index is 1150. The molecule has 1 atom stereocenters. The normalized spacial score (nSPS) is 20.9. The molecule has 2 nitrogen and oxygen atoms in total. The van der Waals surface area contributed by atoms with Gasteiger partial charge in [-0.3, -0.25) is 0 Å². The molecule has 38 heavy (non-hydrogen) atoms. The van der Waals surface area contributed by atoms with Crippen LogP contribution in [0.2, 0.25) is 0 Å². The summed E-state index contributed by atoms with van der Waals surface area (Å²) in [5.74, 6) is 0.870. The quantitative estimate of drug-likeness (QED) is 0.210. The Kier molecular flexibility index (Phi) is 11.7. The summed E-state index contributed by atoms with van der Waals surface area (Å²) >= 11 is -1.76. The zero-order valence-electron chi connectivity index (χ0n) is 23.8. The zero-order chi connectivity index (χ0) is 27.8. The van der Waals surface area contributed by atoms with Crippen molar-refractivity contribution in [3.05, 3.63) is 95.2 Å². The number of ether oxygens (including phenoxy) is 1. The van der Waals surface area contributed by atoms with E-state index >= 15 is 0 Å². The number of allylic oxidation sites excluding steroid dienone is 3. The summed E-state index contributed by atoms with van der Waals surface area (Å²) in [5.41, 5.74) is 7.38. The zero-order valence-corrected chi connectivity index (χ0v) is 27.1. The third kappa shape index (κ3) is 7.83. The van der Waals surface area contributed by atoms with Crippen molar-refractivity contribution in [1.82, 2.24) is 4.90 Å². The van der Waals surface area contributed by atoms with Crippen LogP contribution in [0, 0.1) is 6.54 Å². The molecule has 0 bridgehead atoms. The number of nitrogens with zero attached hydrogens (tertiary/aromatic N) is 1. The van der Waals surface area contributed by atoms with E-state index in [2.05, 4.69) is 89.4 Å². The Labute approximate surface area is 244 Å². The number of likely N-dealkylation sites (tertiary alicyclic amines) is 1. The van der Waals surface area contributed by atoms with Crippen molar-refractivity contribution in [2.45, 2.75) is 91.0 Å². The van der Waals surface area contributed by atoms with E-state index in [0.29, 0.717) is 0 Å². The number of rotatable bonds is 8. The number of benzene rings is 2. The average molecular weight is 643 g/mol. The van der Waals surface area contributed by atoms with Gasteiger partial charge in [-0.2, -0.15) is 0 Å². The first-order chi connectivity index (χ1) is 18.1. The van der Waals surface area contributed by atoms with Gasteiger partial charge in [0, 0.05) is 11.2 Å². The Balaban J connectivity index is 0.000000244. The van der Waals surface area contributed by atoms with Crippen LogP contribution in [0.5, 0.6) is 5.75 Å². The molecule has 0 spiro atoms. The Morgan fingerprint density at radius 3 is 2.29 bits per heavy atom. The molecule has 0 aromatic heterocycles. The fourth-order valence-electron chi connectivity index (χ4n) is 5.69. The van der Waals surface area contributed by atoms with Crippen LogP contribution in [0.25, 0.3) is 0 Å². The van der Waals surface area contributed by atoms with Crippen molar-refractivity contribution in [3.8, 4) is 5.75 Å². The maximum atomic E-state index is 5.82. The first-order valence-corrected chi connectivity index (χ1v) is 19.3. The maximum absolute atomic E-state index is 5.82. The SMILES string of the molecule is CCC1=CCCC(CC)=C1N1[CH-][C@@](C)(c2ccccc2)CC1(C)C.CCCOc1ccccc1[CH]=[Ru]([Cl])[Cl]. The van der Waals surface area contributed by atoms with Crippen LogP contribution < -0.4 is 4.74 Å². The Morgan fingerprint density at radius 2 is 1.66 bits per heavy atom. The molecule has 1 heterocycles. The van der Waals surface area contributed by atoms with Gasteiger partial charge in [-0.1, -0.05) is 62.7 Å². The van der Waals surface area contributed by atoms with Crippen LogP contribution in [-0.2, 0) is 18.9 Å². The molecule has 1 aliphatic heterocycles. The summed E-state index contributed by atoms with van der Waals surface area (Å²) in [6.45, 7) is 17.1. The summed E-state index contributed by atoms with van der Waals surface area (Å²) < 4.78 is 7.46. The molecule has 1 saturated heterocycles. The summed E-state index contributed by atoms with van der Waals surface area (Å²) in [6, 6.07) is 18.8. The van der Waals surface area contributed by atoms with Crippen molar-refractivity contribution in [2.75, 3.05) is 6.61 Å². The fourth-order valence-corrected chi connectivity index (χ4v) is 7.49. The molecular weight excluding hydrogens is 598 g/mol. The minimum atomic E-state index is -1.76. The second-order valence-corrected chi connectivity index (χ2v) is 16.6. The molecule has 2 aromatic rings. The number of halogens is 2. The summed E-state index contributed by atoms with van der Waals surface area (Å²) in [4.78, 5) is 2.62. The predicted octanol–water partition coefficient (Wildman–Crippen LogP) is 9.94. The molecule has 0 radical (unpaired) electrons. The van der Waals surface area contributed by atoms with Crippen molar-refractivity contribution < 1.29 is 18.3 Å². The Morgan fingerprint density at radius 1 is 0.974 bits per heavy atom. The molecule has 1 aliphatic carbocycles. The second-order valence-electron chi connectivity index (χ2n) is 10.9. The first-order valence-electron chi connectivity index (χ1n) is 13.8. The van der Waals surface area contributed by atoms with Crippen molar-refractivity contribution in [1.29, 1.82) is 0 Å². The van der Waals surface area contributed by atoms with E-state index in [9.17, 15) is 0 Å². The number of para-hydroxylation sites is 1. The van der Waals surface area contributed by atoms with Crippen LogP contribution in [0.15, 0.2) is 77.5 Å². The molecule has 2 aliphatic rings. The van der Waals surface area contributed by atoms with Crippen molar-refractivity contribution in [3.63, 3.8) is 0 Å². The van der Waals surface area contributed by atoms with Crippen LogP contribution in [0.3, 0.4) is 0 Å². The van der Waals surface area contributed by atoms with Gasteiger partial charge in [0.2, 0.25) is 0 Å². The van der Waals surface area contributed by atoms with Gasteiger partial charge in [-0.05, 0) is 57.1 Å². The van der Waals surface area contributed by atoms with Crippen molar-refractivity contribution >= 4 is 24.0 Å². The van der Waals surface area contributed by atoms with Gasteiger partial charge in [0.1, 0.15) is 0 Å². The molecule has 0 unspecified atom stereocenters. The standard InChI is InChI=1S/C23H32N.C10H12O.2ClH.Ru/c1-6-18-12-11-13-19(7-2)21(18)24-17-23(5,16-22(24,3)4)20-14-9-8-10-15-20;1-3-8-11-10-7-5-4-6-9(10)2;;;/h8-10,12,14-15,17H,6-7,11,13,16H2,1-5H3;2,4-7H,3,8H2,1H3;2*1H;/q-1;;;;+2/p-2/t23-;;;;/m0..../s1. The van der Waals surface area contributed by atoms with E-state index in [1.807, 2.05) is 28.9 Å². The molecule has 1 fully saturated rings. The Hall–Kier alpha value is -1.41. The van der Waals surface area contributed by atoms with E-state index in [1.165, 1.54) is 24.1 Å². The van der Waals surface area contributed by atoms with Gasteiger partial charge < -0.3 is 4.90 Å². The number of hydrogen-bond donors (Lipinski definition) is 0. The average Bonchev–Trinajstić information content (AvgIpc) is 3.17.